The highest BCUT2D eigenvalue weighted by atomic mass is 32.2. The minimum Gasteiger partial charge on any atom is -0.437 e. The van der Waals surface area contributed by atoms with E-state index in [0.717, 1.165) is 17.9 Å². The van der Waals surface area contributed by atoms with E-state index >= 15 is 0 Å². The monoisotopic (exact) mass is 296 g/mol. The maximum atomic E-state index is 12.0. The summed E-state index contributed by atoms with van der Waals surface area (Å²) in [5.74, 6) is 2.52. The van der Waals surface area contributed by atoms with Crippen LogP contribution in [0.2, 0.25) is 0 Å². The van der Waals surface area contributed by atoms with Gasteiger partial charge in [0.25, 0.3) is 5.22 Å². The second kappa shape index (κ2) is 6.66. The molecule has 0 bridgehead atoms. The van der Waals surface area contributed by atoms with Gasteiger partial charge in [0, 0.05) is 6.04 Å². The molecule has 0 spiro atoms. The number of hydrogen-bond donors (Lipinski definition) is 1. The lowest BCUT2D eigenvalue weighted by molar-refractivity contribution is -0.120. The van der Waals surface area contributed by atoms with E-state index in [4.69, 9.17) is 4.42 Å². The van der Waals surface area contributed by atoms with Crippen molar-refractivity contribution in [3.63, 3.8) is 0 Å². The van der Waals surface area contributed by atoms with Crippen LogP contribution in [-0.2, 0) is 4.79 Å². The average Bonchev–Trinajstić information content (AvgIpc) is 2.72. The number of oxazole rings is 1. The lowest BCUT2D eigenvalue weighted by Crippen LogP contribution is -2.44. The van der Waals surface area contributed by atoms with E-state index in [2.05, 4.69) is 24.1 Å². The Bertz CT molecular complexity index is 453. The van der Waals surface area contributed by atoms with E-state index in [0.29, 0.717) is 28.9 Å². The minimum absolute atomic E-state index is 0.0782. The fourth-order valence-electron chi connectivity index (χ4n) is 2.67. The summed E-state index contributed by atoms with van der Waals surface area (Å²) < 4.78 is 5.46. The molecule has 1 aromatic rings. The van der Waals surface area contributed by atoms with E-state index in [1.807, 2.05) is 13.8 Å². The van der Waals surface area contributed by atoms with Crippen LogP contribution in [0, 0.1) is 25.7 Å². The third-order valence-corrected chi connectivity index (χ3v) is 5.22. The molecule has 1 aliphatic carbocycles. The van der Waals surface area contributed by atoms with E-state index in [1.54, 1.807) is 0 Å². The van der Waals surface area contributed by atoms with Crippen LogP contribution >= 0.6 is 11.8 Å². The summed E-state index contributed by atoms with van der Waals surface area (Å²) in [6.07, 6.45) is 3.58. The van der Waals surface area contributed by atoms with Crippen LogP contribution in [-0.4, -0.2) is 22.7 Å². The van der Waals surface area contributed by atoms with Crippen molar-refractivity contribution in [2.75, 3.05) is 5.75 Å². The van der Waals surface area contributed by atoms with E-state index in [-0.39, 0.29) is 5.91 Å². The Morgan fingerprint density at radius 1 is 1.40 bits per heavy atom. The molecule has 20 heavy (non-hydrogen) atoms. The Labute approximate surface area is 125 Å². The average molecular weight is 296 g/mol. The predicted molar refractivity (Wildman–Crippen MR) is 80.8 cm³/mol. The second-order valence-electron chi connectivity index (χ2n) is 5.85. The van der Waals surface area contributed by atoms with Gasteiger partial charge in [0.15, 0.2) is 0 Å². The minimum atomic E-state index is 0.0782. The Hall–Kier alpha value is -0.970. The molecule has 2 rings (SSSR count). The molecule has 1 N–H and O–H groups in total. The van der Waals surface area contributed by atoms with Gasteiger partial charge in [-0.15, -0.1) is 0 Å². The SMILES string of the molecule is Cc1nc(SCC(=O)NC2CCCC(C)C2C)oc1C. The summed E-state index contributed by atoms with van der Waals surface area (Å²) in [5, 5.41) is 3.75. The highest BCUT2D eigenvalue weighted by Crippen LogP contribution is 2.29. The Balaban J connectivity index is 1.80. The van der Waals surface area contributed by atoms with Crippen LogP contribution < -0.4 is 5.32 Å². The first-order valence-electron chi connectivity index (χ1n) is 7.33. The smallest absolute Gasteiger partial charge is 0.256 e. The maximum absolute atomic E-state index is 12.0. The highest BCUT2D eigenvalue weighted by Gasteiger charge is 2.28. The van der Waals surface area contributed by atoms with Crippen LogP contribution in [0.5, 0.6) is 0 Å². The Morgan fingerprint density at radius 2 is 2.15 bits per heavy atom. The largest absolute Gasteiger partial charge is 0.437 e. The number of thioether (sulfide) groups is 1. The molecule has 5 heteroatoms. The van der Waals surface area contributed by atoms with E-state index < -0.39 is 0 Å². The topological polar surface area (TPSA) is 55.1 Å². The molecule has 112 valence electrons. The summed E-state index contributed by atoms with van der Waals surface area (Å²) in [4.78, 5) is 16.3. The number of nitrogens with one attached hydrogen (secondary N) is 1. The summed E-state index contributed by atoms with van der Waals surface area (Å²) in [6.45, 7) is 8.31. The third-order valence-electron chi connectivity index (χ3n) is 4.39. The van der Waals surface area contributed by atoms with Crippen molar-refractivity contribution < 1.29 is 9.21 Å². The summed E-state index contributed by atoms with van der Waals surface area (Å²) in [7, 11) is 0. The Morgan fingerprint density at radius 3 is 2.80 bits per heavy atom. The van der Waals surface area contributed by atoms with Gasteiger partial charge in [-0.2, -0.15) is 0 Å². The fourth-order valence-corrected chi connectivity index (χ4v) is 3.39. The molecule has 0 aliphatic heterocycles. The lowest BCUT2D eigenvalue weighted by Gasteiger charge is -2.34. The molecule has 0 aromatic carbocycles. The number of aryl methyl sites for hydroxylation is 2. The van der Waals surface area contributed by atoms with Crippen molar-refractivity contribution in [1.82, 2.24) is 10.3 Å². The van der Waals surface area contributed by atoms with Gasteiger partial charge in [-0.3, -0.25) is 4.79 Å². The molecule has 1 aromatic heterocycles. The number of nitrogens with zero attached hydrogens (tertiary/aromatic N) is 1. The standard InChI is InChI=1S/C15H24N2O2S/c1-9-6-5-7-13(10(9)2)17-14(18)8-20-15-16-11(3)12(4)19-15/h9-10,13H,5-8H2,1-4H3,(H,17,18). The van der Waals surface area contributed by atoms with Gasteiger partial charge in [0.2, 0.25) is 5.91 Å². The quantitative estimate of drug-likeness (QED) is 0.866. The molecular formula is C15H24N2O2S. The molecule has 1 amide bonds. The van der Waals surface area contributed by atoms with E-state index in [1.165, 1.54) is 24.6 Å². The van der Waals surface area contributed by atoms with Gasteiger partial charge in [-0.1, -0.05) is 38.5 Å². The molecule has 1 heterocycles. The summed E-state index contributed by atoms with van der Waals surface area (Å²) in [5.41, 5.74) is 0.891. The van der Waals surface area contributed by atoms with Crippen LogP contribution in [0.3, 0.4) is 0 Å². The summed E-state index contributed by atoms with van der Waals surface area (Å²) in [6, 6.07) is 0.319. The van der Waals surface area contributed by atoms with Crippen LogP contribution in [0.4, 0.5) is 0 Å². The first-order valence-corrected chi connectivity index (χ1v) is 8.32. The summed E-state index contributed by atoms with van der Waals surface area (Å²) >= 11 is 1.36. The first kappa shape index (κ1) is 15.4. The van der Waals surface area contributed by atoms with Crippen LogP contribution in [0.25, 0.3) is 0 Å². The first-order chi connectivity index (χ1) is 9.47. The van der Waals surface area contributed by atoms with Gasteiger partial charge in [0.05, 0.1) is 11.4 Å². The molecule has 0 saturated heterocycles. The number of hydrogen-bond acceptors (Lipinski definition) is 4. The van der Waals surface area contributed by atoms with Gasteiger partial charge in [-0.05, 0) is 32.1 Å². The lowest BCUT2D eigenvalue weighted by atomic mass is 9.78. The molecule has 1 saturated carbocycles. The number of amides is 1. The van der Waals surface area contributed by atoms with Crippen LogP contribution in [0.15, 0.2) is 9.64 Å². The molecule has 4 nitrogen and oxygen atoms in total. The van der Waals surface area contributed by atoms with Crippen LogP contribution in [0.1, 0.15) is 44.6 Å². The molecule has 1 fully saturated rings. The molecule has 3 atom stereocenters. The van der Waals surface area contributed by atoms with Crippen molar-refractivity contribution in [1.29, 1.82) is 0 Å². The molecule has 1 aliphatic rings. The van der Waals surface area contributed by atoms with E-state index in [9.17, 15) is 4.79 Å². The normalized spacial score (nSPS) is 26.5. The zero-order valence-corrected chi connectivity index (χ0v) is 13.5. The van der Waals surface area contributed by atoms with Crippen molar-refractivity contribution in [2.24, 2.45) is 11.8 Å². The van der Waals surface area contributed by atoms with Crippen molar-refractivity contribution in [3.8, 4) is 0 Å². The van der Waals surface area contributed by atoms with Crippen molar-refractivity contribution in [3.05, 3.63) is 11.5 Å². The van der Waals surface area contributed by atoms with Crippen molar-refractivity contribution >= 4 is 17.7 Å². The van der Waals surface area contributed by atoms with Crippen molar-refractivity contribution in [2.45, 2.75) is 58.2 Å². The maximum Gasteiger partial charge on any atom is 0.256 e. The number of carbonyl (C=O) groups excluding carboxylic acids is 1. The highest BCUT2D eigenvalue weighted by molar-refractivity contribution is 7.99. The van der Waals surface area contributed by atoms with Gasteiger partial charge in [-0.25, -0.2) is 4.98 Å². The number of aromatic nitrogens is 1. The van der Waals surface area contributed by atoms with Gasteiger partial charge < -0.3 is 9.73 Å². The molecule has 3 unspecified atom stereocenters. The zero-order chi connectivity index (χ0) is 14.7. The van der Waals surface area contributed by atoms with Gasteiger partial charge in [0.1, 0.15) is 5.76 Å². The number of rotatable bonds is 4. The fraction of sp³-hybridized carbons (Fsp3) is 0.733. The zero-order valence-electron chi connectivity index (χ0n) is 12.7. The third kappa shape index (κ3) is 3.78. The predicted octanol–water partition coefficient (Wildman–Crippen LogP) is 3.32. The molecular weight excluding hydrogens is 272 g/mol. The van der Waals surface area contributed by atoms with Gasteiger partial charge >= 0.3 is 0 Å². The number of carbonyl (C=O) groups is 1. The molecule has 0 radical (unpaired) electrons. The Kier molecular flexibility index (Phi) is 5.13. The second-order valence-corrected chi connectivity index (χ2v) is 6.78.